The topological polar surface area (TPSA) is 55.0 Å². The highest BCUT2D eigenvalue weighted by Crippen LogP contribution is 2.26. The first-order valence-corrected chi connectivity index (χ1v) is 6.29. The van der Waals surface area contributed by atoms with Crippen LogP contribution in [0.3, 0.4) is 0 Å². The largest absolute Gasteiger partial charge is 0.347 e. The number of anilines is 1. The minimum absolute atomic E-state index is 0.323. The minimum Gasteiger partial charge on any atom is -0.347 e. The van der Waals surface area contributed by atoms with Gasteiger partial charge in [0.15, 0.2) is 0 Å². The number of hydrogen-bond donors (Lipinski definition) is 1. The predicted octanol–water partition coefficient (Wildman–Crippen LogP) is 1.41. The van der Waals surface area contributed by atoms with Crippen LogP contribution in [0.5, 0.6) is 0 Å². The zero-order valence-corrected chi connectivity index (χ0v) is 10.1. The summed E-state index contributed by atoms with van der Waals surface area (Å²) in [5.41, 5.74) is 5.91. The van der Waals surface area contributed by atoms with Gasteiger partial charge < -0.3 is 10.6 Å². The van der Waals surface area contributed by atoms with E-state index in [0.29, 0.717) is 12.0 Å². The van der Waals surface area contributed by atoms with Crippen LogP contribution in [0.25, 0.3) is 0 Å². The summed E-state index contributed by atoms with van der Waals surface area (Å²) < 4.78 is 0. The maximum atomic E-state index is 5.91. The first-order valence-electron chi connectivity index (χ1n) is 5.47. The zero-order valence-electron chi connectivity index (χ0n) is 9.31. The molecule has 1 fully saturated rings. The van der Waals surface area contributed by atoms with E-state index in [9.17, 15) is 0 Å². The summed E-state index contributed by atoms with van der Waals surface area (Å²) in [5.74, 6) is 0.676. The lowest BCUT2D eigenvalue weighted by Crippen LogP contribution is -2.39. The highest BCUT2D eigenvalue weighted by molar-refractivity contribution is 7.15. The minimum atomic E-state index is 0.323. The van der Waals surface area contributed by atoms with Crippen molar-refractivity contribution in [2.75, 3.05) is 18.0 Å². The summed E-state index contributed by atoms with van der Waals surface area (Å²) in [6, 6.07) is 0.323. The van der Waals surface area contributed by atoms with E-state index in [4.69, 9.17) is 5.73 Å². The number of aromatic nitrogens is 2. The highest BCUT2D eigenvalue weighted by atomic mass is 32.1. The zero-order chi connectivity index (χ0) is 10.8. The van der Waals surface area contributed by atoms with Gasteiger partial charge in [0, 0.05) is 19.1 Å². The molecule has 1 aliphatic heterocycles. The molecule has 0 bridgehead atoms. The van der Waals surface area contributed by atoms with Crippen molar-refractivity contribution in [1.29, 1.82) is 0 Å². The average Bonchev–Trinajstić information content (AvgIpc) is 2.65. The fourth-order valence-corrected chi connectivity index (χ4v) is 2.77. The van der Waals surface area contributed by atoms with Crippen LogP contribution in [0.2, 0.25) is 0 Å². The fourth-order valence-electron chi connectivity index (χ4n) is 2.03. The monoisotopic (exact) mass is 226 g/mol. The molecule has 2 rings (SSSR count). The summed E-state index contributed by atoms with van der Waals surface area (Å²) in [7, 11) is 0. The first kappa shape index (κ1) is 10.8. The van der Waals surface area contributed by atoms with Crippen LogP contribution in [0.15, 0.2) is 0 Å². The molecular weight excluding hydrogens is 208 g/mol. The lowest BCUT2D eigenvalue weighted by Gasteiger charge is -2.33. The van der Waals surface area contributed by atoms with Crippen LogP contribution >= 0.6 is 11.3 Å². The highest BCUT2D eigenvalue weighted by Gasteiger charge is 2.23. The van der Waals surface area contributed by atoms with E-state index in [-0.39, 0.29) is 0 Å². The molecule has 0 aromatic carbocycles. The molecule has 2 heterocycles. The van der Waals surface area contributed by atoms with Crippen molar-refractivity contribution in [2.45, 2.75) is 32.7 Å². The van der Waals surface area contributed by atoms with Gasteiger partial charge in [0.05, 0.1) is 0 Å². The molecule has 0 aliphatic carbocycles. The van der Waals surface area contributed by atoms with Gasteiger partial charge in [-0.3, -0.25) is 0 Å². The Kier molecular flexibility index (Phi) is 3.21. The van der Waals surface area contributed by atoms with E-state index in [2.05, 4.69) is 22.0 Å². The predicted molar refractivity (Wildman–Crippen MR) is 63.2 cm³/mol. The average molecular weight is 226 g/mol. The van der Waals surface area contributed by atoms with Crippen molar-refractivity contribution in [3.63, 3.8) is 0 Å². The van der Waals surface area contributed by atoms with Crippen molar-refractivity contribution in [1.82, 2.24) is 10.2 Å². The molecule has 15 heavy (non-hydrogen) atoms. The molecule has 5 heteroatoms. The van der Waals surface area contributed by atoms with E-state index in [1.165, 1.54) is 12.8 Å². The summed E-state index contributed by atoms with van der Waals surface area (Å²) in [4.78, 5) is 2.32. The second-order valence-electron chi connectivity index (χ2n) is 4.29. The molecule has 1 saturated heterocycles. The number of nitrogens with two attached hydrogens (primary N) is 1. The third-order valence-corrected chi connectivity index (χ3v) is 3.97. The molecule has 1 aromatic heterocycles. The lowest BCUT2D eigenvalue weighted by molar-refractivity contribution is 0.354. The number of piperidine rings is 1. The van der Waals surface area contributed by atoms with Crippen LogP contribution in [0.4, 0.5) is 5.13 Å². The number of rotatable bonds is 2. The maximum Gasteiger partial charge on any atom is 0.208 e. The Bertz CT molecular complexity index is 315. The number of hydrogen-bond acceptors (Lipinski definition) is 5. The molecule has 1 atom stereocenters. The molecule has 0 radical (unpaired) electrons. The third kappa shape index (κ3) is 2.46. The smallest absolute Gasteiger partial charge is 0.208 e. The van der Waals surface area contributed by atoms with E-state index in [1.54, 1.807) is 11.3 Å². The summed E-state index contributed by atoms with van der Waals surface area (Å²) in [6.07, 6.45) is 2.35. The Morgan fingerprint density at radius 3 is 2.53 bits per heavy atom. The van der Waals surface area contributed by atoms with Gasteiger partial charge in [-0.1, -0.05) is 11.3 Å². The first-order chi connectivity index (χ1) is 7.16. The molecule has 4 nitrogen and oxygen atoms in total. The summed E-state index contributed by atoms with van der Waals surface area (Å²) >= 11 is 1.68. The van der Waals surface area contributed by atoms with Gasteiger partial charge in [-0.05, 0) is 32.6 Å². The molecular formula is C10H18N4S. The molecule has 2 N–H and O–H groups in total. The number of nitrogens with zero attached hydrogens (tertiary/aromatic N) is 3. The van der Waals surface area contributed by atoms with Crippen LogP contribution in [-0.4, -0.2) is 29.3 Å². The molecule has 0 saturated carbocycles. The Morgan fingerprint density at radius 1 is 1.40 bits per heavy atom. The Hall–Kier alpha value is -0.680. The normalized spacial score (nSPS) is 20.6. The van der Waals surface area contributed by atoms with E-state index in [0.717, 1.165) is 23.2 Å². The van der Waals surface area contributed by atoms with Gasteiger partial charge >= 0.3 is 0 Å². The Morgan fingerprint density at radius 2 is 2.07 bits per heavy atom. The van der Waals surface area contributed by atoms with Crippen molar-refractivity contribution >= 4 is 16.5 Å². The molecule has 0 amide bonds. The Balaban J connectivity index is 1.93. The van der Waals surface area contributed by atoms with Crippen molar-refractivity contribution < 1.29 is 0 Å². The fraction of sp³-hybridized carbons (Fsp3) is 0.800. The van der Waals surface area contributed by atoms with E-state index < -0.39 is 0 Å². The molecule has 1 unspecified atom stereocenters. The summed E-state index contributed by atoms with van der Waals surface area (Å²) in [5, 5.41) is 10.3. The molecule has 0 spiro atoms. The van der Waals surface area contributed by atoms with E-state index >= 15 is 0 Å². The van der Waals surface area contributed by atoms with Gasteiger partial charge in [0.1, 0.15) is 5.01 Å². The van der Waals surface area contributed by atoms with Crippen molar-refractivity contribution in [3.8, 4) is 0 Å². The van der Waals surface area contributed by atoms with Crippen LogP contribution in [0.1, 0.15) is 24.8 Å². The van der Waals surface area contributed by atoms with Gasteiger partial charge in [-0.15, -0.1) is 10.2 Å². The second kappa shape index (κ2) is 4.45. The second-order valence-corrected chi connectivity index (χ2v) is 5.45. The van der Waals surface area contributed by atoms with Gasteiger partial charge in [0.25, 0.3) is 0 Å². The number of aryl methyl sites for hydroxylation is 1. The SMILES string of the molecule is Cc1nnc(N2CCC(C(C)N)CC2)s1. The Labute approximate surface area is 94.5 Å². The third-order valence-electron chi connectivity index (χ3n) is 3.07. The van der Waals surface area contributed by atoms with Gasteiger partial charge in [-0.25, -0.2) is 0 Å². The lowest BCUT2D eigenvalue weighted by atomic mass is 9.91. The molecule has 1 aromatic rings. The quantitative estimate of drug-likeness (QED) is 0.828. The molecule has 1 aliphatic rings. The van der Waals surface area contributed by atoms with Crippen LogP contribution in [0, 0.1) is 12.8 Å². The van der Waals surface area contributed by atoms with E-state index in [1.807, 2.05) is 6.92 Å². The molecule has 84 valence electrons. The van der Waals surface area contributed by atoms with Gasteiger partial charge in [-0.2, -0.15) is 0 Å². The van der Waals surface area contributed by atoms with Gasteiger partial charge in [0.2, 0.25) is 5.13 Å². The standard InChI is InChI=1S/C10H18N4S/c1-7(11)9-3-5-14(6-4-9)10-13-12-8(2)15-10/h7,9H,3-6,11H2,1-2H3. The maximum absolute atomic E-state index is 5.91. The van der Waals surface area contributed by atoms with Crippen molar-refractivity contribution in [3.05, 3.63) is 5.01 Å². The summed E-state index contributed by atoms with van der Waals surface area (Å²) in [6.45, 7) is 6.24. The van der Waals surface area contributed by atoms with Crippen molar-refractivity contribution in [2.24, 2.45) is 11.7 Å². The van der Waals surface area contributed by atoms with Crippen LogP contribution < -0.4 is 10.6 Å². The van der Waals surface area contributed by atoms with Crippen LogP contribution in [-0.2, 0) is 0 Å².